The van der Waals surface area contributed by atoms with Gasteiger partial charge in [-0.05, 0) is 48.5 Å². The van der Waals surface area contributed by atoms with Crippen molar-refractivity contribution in [1.82, 2.24) is 0 Å². The van der Waals surface area contributed by atoms with Gasteiger partial charge in [0.05, 0.1) is 7.11 Å². The van der Waals surface area contributed by atoms with Gasteiger partial charge in [0, 0.05) is 18.0 Å². The second-order valence-corrected chi connectivity index (χ2v) is 4.67. The summed E-state index contributed by atoms with van der Waals surface area (Å²) in [7, 11) is 1.62. The van der Waals surface area contributed by atoms with Gasteiger partial charge in [-0.25, -0.2) is 0 Å². The smallest absolute Gasteiger partial charge is 0.225 e. The molecule has 0 atom stereocenters. The third-order valence-electron chi connectivity index (χ3n) is 2.75. The van der Waals surface area contributed by atoms with Gasteiger partial charge in [-0.2, -0.15) is 0 Å². The molecule has 2 rings (SSSR count). The van der Waals surface area contributed by atoms with Gasteiger partial charge in [0.1, 0.15) is 17.2 Å². The van der Waals surface area contributed by atoms with Gasteiger partial charge in [-0.15, -0.1) is 11.6 Å². The summed E-state index contributed by atoms with van der Waals surface area (Å²) in [6, 6.07) is 14.5. The Balaban J connectivity index is 1.96. The lowest BCUT2D eigenvalue weighted by Gasteiger charge is -2.08. The van der Waals surface area contributed by atoms with Crippen LogP contribution in [-0.2, 0) is 4.79 Å². The van der Waals surface area contributed by atoms with Crippen LogP contribution >= 0.6 is 11.6 Å². The summed E-state index contributed by atoms with van der Waals surface area (Å²) in [5, 5.41) is 2.75. The number of amides is 1. The molecule has 0 aliphatic heterocycles. The first-order valence-corrected chi connectivity index (χ1v) is 7.02. The van der Waals surface area contributed by atoms with Gasteiger partial charge >= 0.3 is 0 Å². The van der Waals surface area contributed by atoms with Crippen LogP contribution in [0, 0.1) is 0 Å². The monoisotopic (exact) mass is 305 g/mol. The molecular weight excluding hydrogens is 290 g/mol. The molecule has 0 bridgehead atoms. The number of benzene rings is 2. The fourth-order valence-electron chi connectivity index (χ4n) is 1.70. The lowest BCUT2D eigenvalue weighted by atomic mass is 10.3. The van der Waals surface area contributed by atoms with Gasteiger partial charge in [0.25, 0.3) is 0 Å². The minimum absolute atomic E-state index is 0.103. The van der Waals surface area contributed by atoms with Crippen LogP contribution in [0.2, 0.25) is 0 Å². The van der Waals surface area contributed by atoms with E-state index in [0.29, 0.717) is 23.7 Å². The van der Waals surface area contributed by atoms with Crippen molar-refractivity contribution in [3.63, 3.8) is 0 Å². The molecule has 2 aromatic rings. The van der Waals surface area contributed by atoms with Gasteiger partial charge in [-0.1, -0.05) is 0 Å². The quantitative estimate of drug-likeness (QED) is 0.819. The van der Waals surface area contributed by atoms with Crippen LogP contribution in [0.4, 0.5) is 5.69 Å². The third-order valence-corrected chi connectivity index (χ3v) is 2.94. The van der Waals surface area contributed by atoms with Gasteiger partial charge in [0.15, 0.2) is 0 Å². The highest BCUT2D eigenvalue weighted by molar-refractivity contribution is 6.19. The Bertz CT molecular complexity index is 581. The average Bonchev–Trinajstić information content (AvgIpc) is 2.50. The fourth-order valence-corrected chi connectivity index (χ4v) is 1.87. The van der Waals surface area contributed by atoms with E-state index < -0.39 is 0 Å². The van der Waals surface area contributed by atoms with Crippen molar-refractivity contribution < 1.29 is 14.3 Å². The molecule has 0 saturated heterocycles. The summed E-state index contributed by atoms with van der Waals surface area (Å²) in [5.41, 5.74) is 0.715. The van der Waals surface area contributed by atoms with Crippen LogP contribution in [0.3, 0.4) is 0 Å². The van der Waals surface area contributed by atoms with Gasteiger partial charge in [0.2, 0.25) is 5.91 Å². The molecule has 0 unspecified atom stereocenters. The maximum atomic E-state index is 11.4. The number of carbonyl (C=O) groups excluding carboxylic acids is 1. The molecule has 0 heterocycles. The number of hydrogen-bond donors (Lipinski definition) is 1. The Morgan fingerprint density at radius 3 is 2.05 bits per heavy atom. The van der Waals surface area contributed by atoms with Crippen molar-refractivity contribution in [1.29, 1.82) is 0 Å². The molecule has 4 nitrogen and oxygen atoms in total. The molecule has 0 aromatic heterocycles. The van der Waals surface area contributed by atoms with Crippen molar-refractivity contribution in [2.75, 3.05) is 18.3 Å². The minimum Gasteiger partial charge on any atom is -0.497 e. The lowest BCUT2D eigenvalue weighted by Crippen LogP contribution is -2.11. The summed E-state index contributed by atoms with van der Waals surface area (Å²) in [6.45, 7) is 0. The van der Waals surface area contributed by atoms with Crippen molar-refractivity contribution in [2.24, 2.45) is 0 Å². The topological polar surface area (TPSA) is 47.6 Å². The van der Waals surface area contributed by atoms with Crippen LogP contribution in [0.1, 0.15) is 6.42 Å². The van der Waals surface area contributed by atoms with Gasteiger partial charge < -0.3 is 14.8 Å². The number of alkyl halides is 1. The van der Waals surface area contributed by atoms with E-state index >= 15 is 0 Å². The van der Waals surface area contributed by atoms with E-state index in [1.807, 2.05) is 24.3 Å². The minimum atomic E-state index is -0.103. The molecule has 2 aromatic carbocycles. The average molecular weight is 306 g/mol. The van der Waals surface area contributed by atoms with E-state index in [9.17, 15) is 4.79 Å². The highest BCUT2D eigenvalue weighted by atomic mass is 35.5. The van der Waals surface area contributed by atoms with Crippen molar-refractivity contribution >= 4 is 23.2 Å². The summed E-state index contributed by atoms with van der Waals surface area (Å²) in [5.74, 6) is 2.39. The van der Waals surface area contributed by atoms with Crippen LogP contribution in [0.5, 0.6) is 17.2 Å². The van der Waals surface area contributed by atoms with Gasteiger partial charge in [-0.3, -0.25) is 4.79 Å². The normalized spacial score (nSPS) is 10.0. The first-order valence-electron chi connectivity index (χ1n) is 6.49. The molecular formula is C16H16ClNO3. The fraction of sp³-hybridized carbons (Fsp3) is 0.188. The van der Waals surface area contributed by atoms with Crippen LogP contribution < -0.4 is 14.8 Å². The van der Waals surface area contributed by atoms with E-state index in [2.05, 4.69) is 5.32 Å². The summed E-state index contributed by atoms with van der Waals surface area (Å²) in [6.07, 6.45) is 0.297. The van der Waals surface area contributed by atoms with E-state index in [1.165, 1.54) is 0 Å². The number of methoxy groups -OCH3 is 1. The predicted octanol–water partition coefficient (Wildman–Crippen LogP) is 4.05. The Labute approximate surface area is 128 Å². The summed E-state index contributed by atoms with van der Waals surface area (Å²) < 4.78 is 10.8. The number of hydrogen-bond acceptors (Lipinski definition) is 3. The second kappa shape index (κ2) is 7.55. The highest BCUT2D eigenvalue weighted by Crippen LogP contribution is 2.24. The van der Waals surface area contributed by atoms with E-state index in [1.54, 1.807) is 31.4 Å². The van der Waals surface area contributed by atoms with E-state index in [0.717, 1.165) is 11.5 Å². The Hall–Kier alpha value is -2.20. The molecule has 1 amide bonds. The molecule has 1 N–H and O–H groups in total. The van der Waals surface area contributed by atoms with Crippen LogP contribution in [0.25, 0.3) is 0 Å². The molecule has 0 spiro atoms. The molecule has 110 valence electrons. The first-order chi connectivity index (χ1) is 10.2. The van der Waals surface area contributed by atoms with Crippen molar-refractivity contribution in [3.8, 4) is 17.2 Å². The maximum Gasteiger partial charge on any atom is 0.225 e. The standard InChI is InChI=1S/C16H16ClNO3/c1-20-13-6-8-15(9-7-13)21-14-4-2-12(3-5-14)18-16(19)10-11-17/h2-9H,10-11H2,1H3,(H,18,19). The van der Waals surface area contributed by atoms with Crippen LogP contribution in [-0.4, -0.2) is 18.9 Å². The molecule has 5 heteroatoms. The summed E-state index contributed by atoms with van der Waals surface area (Å²) in [4.78, 5) is 11.4. The van der Waals surface area contributed by atoms with E-state index in [-0.39, 0.29) is 5.91 Å². The number of halogens is 1. The molecule has 0 fully saturated rings. The zero-order valence-corrected chi connectivity index (χ0v) is 12.4. The van der Waals surface area contributed by atoms with Crippen molar-refractivity contribution in [3.05, 3.63) is 48.5 Å². The Kier molecular flexibility index (Phi) is 5.46. The molecule has 21 heavy (non-hydrogen) atoms. The molecule has 0 aliphatic rings. The predicted molar refractivity (Wildman–Crippen MR) is 83.5 cm³/mol. The maximum absolute atomic E-state index is 11.4. The number of ether oxygens (including phenoxy) is 2. The molecule has 0 saturated carbocycles. The Morgan fingerprint density at radius 1 is 1.00 bits per heavy atom. The number of carbonyl (C=O) groups is 1. The summed E-state index contributed by atoms with van der Waals surface area (Å²) >= 11 is 5.51. The lowest BCUT2D eigenvalue weighted by molar-refractivity contribution is -0.115. The largest absolute Gasteiger partial charge is 0.497 e. The zero-order chi connectivity index (χ0) is 15.1. The number of nitrogens with one attached hydrogen (secondary N) is 1. The SMILES string of the molecule is COc1ccc(Oc2ccc(NC(=O)CCCl)cc2)cc1. The second-order valence-electron chi connectivity index (χ2n) is 4.29. The first kappa shape index (κ1) is 15.2. The number of rotatable bonds is 6. The van der Waals surface area contributed by atoms with E-state index in [4.69, 9.17) is 21.1 Å². The Morgan fingerprint density at radius 2 is 1.52 bits per heavy atom. The highest BCUT2D eigenvalue weighted by Gasteiger charge is 2.02. The van der Waals surface area contributed by atoms with Crippen molar-refractivity contribution in [2.45, 2.75) is 6.42 Å². The van der Waals surface area contributed by atoms with Crippen LogP contribution in [0.15, 0.2) is 48.5 Å². The number of anilines is 1. The third kappa shape index (κ3) is 4.68. The molecule has 0 radical (unpaired) electrons. The molecule has 0 aliphatic carbocycles. The zero-order valence-electron chi connectivity index (χ0n) is 11.6.